The number of hydrogen-bond donors (Lipinski definition) is 1. The molecule has 0 aromatic heterocycles. The second kappa shape index (κ2) is 6.89. The number of carbonyl (C=O) groups is 1. The van der Waals surface area contributed by atoms with E-state index in [-0.39, 0.29) is 11.7 Å². The SMILES string of the molecule is Cc1cc(NC2CCN(CC(=O)N(C)C)CC2)ccc1F. The number of anilines is 1. The van der Waals surface area contributed by atoms with Crippen molar-refractivity contribution in [2.75, 3.05) is 39.0 Å². The molecule has 0 spiro atoms. The van der Waals surface area contributed by atoms with Crippen LogP contribution in [-0.2, 0) is 4.79 Å². The normalized spacial score (nSPS) is 16.8. The Morgan fingerprint density at radius 1 is 1.38 bits per heavy atom. The van der Waals surface area contributed by atoms with Gasteiger partial charge in [0, 0.05) is 38.9 Å². The third kappa shape index (κ3) is 4.43. The smallest absolute Gasteiger partial charge is 0.236 e. The second-order valence-corrected chi connectivity index (χ2v) is 5.95. The van der Waals surface area contributed by atoms with Crippen LogP contribution in [0.15, 0.2) is 18.2 Å². The summed E-state index contributed by atoms with van der Waals surface area (Å²) in [4.78, 5) is 15.5. The van der Waals surface area contributed by atoms with Crippen LogP contribution < -0.4 is 5.32 Å². The second-order valence-electron chi connectivity index (χ2n) is 5.95. The van der Waals surface area contributed by atoms with Crippen molar-refractivity contribution in [1.82, 2.24) is 9.80 Å². The van der Waals surface area contributed by atoms with E-state index in [1.807, 2.05) is 6.07 Å². The average Bonchev–Trinajstić information content (AvgIpc) is 2.45. The van der Waals surface area contributed by atoms with Gasteiger partial charge in [-0.3, -0.25) is 9.69 Å². The predicted molar refractivity (Wildman–Crippen MR) is 82.9 cm³/mol. The maximum absolute atomic E-state index is 13.2. The zero-order valence-electron chi connectivity index (χ0n) is 13.0. The first kappa shape index (κ1) is 15.8. The van der Waals surface area contributed by atoms with E-state index in [4.69, 9.17) is 0 Å². The molecule has 1 aromatic carbocycles. The van der Waals surface area contributed by atoms with Gasteiger partial charge in [0.25, 0.3) is 0 Å². The lowest BCUT2D eigenvalue weighted by Gasteiger charge is -2.33. The summed E-state index contributed by atoms with van der Waals surface area (Å²) in [5.74, 6) is -0.0202. The quantitative estimate of drug-likeness (QED) is 0.923. The van der Waals surface area contributed by atoms with Gasteiger partial charge in [-0.15, -0.1) is 0 Å². The molecule has 2 rings (SSSR count). The third-order valence-corrected chi connectivity index (χ3v) is 3.97. The number of benzene rings is 1. The fourth-order valence-corrected chi connectivity index (χ4v) is 2.54. The van der Waals surface area contributed by atoms with Crippen LogP contribution in [0.5, 0.6) is 0 Å². The first-order chi connectivity index (χ1) is 9.95. The fourth-order valence-electron chi connectivity index (χ4n) is 2.54. The van der Waals surface area contributed by atoms with Crippen LogP contribution in [-0.4, -0.2) is 55.5 Å². The molecule has 1 aromatic rings. The largest absolute Gasteiger partial charge is 0.382 e. The molecule has 1 heterocycles. The minimum atomic E-state index is -0.169. The monoisotopic (exact) mass is 293 g/mol. The van der Waals surface area contributed by atoms with Crippen molar-refractivity contribution in [2.45, 2.75) is 25.8 Å². The van der Waals surface area contributed by atoms with Gasteiger partial charge in [-0.05, 0) is 43.5 Å². The molecular weight excluding hydrogens is 269 g/mol. The van der Waals surface area contributed by atoms with E-state index in [9.17, 15) is 9.18 Å². The molecule has 1 amide bonds. The van der Waals surface area contributed by atoms with Crippen molar-refractivity contribution in [3.63, 3.8) is 0 Å². The van der Waals surface area contributed by atoms with Crippen LogP contribution in [0, 0.1) is 12.7 Å². The molecule has 0 unspecified atom stereocenters. The molecular formula is C16H24FN3O. The first-order valence-electron chi connectivity index (χ1n) is 7.41. The molecule has 21 heavy (non-hydrogen) atoms. The number of aryl methyl sites for hydroxylation is 1. The number of piperidine rings is 1. The Kier molecular flexibility index (Phi) is 5.17. The summed E-state index contributed by atoms with van der Waals surface area (Å²) >= 11 is 0. The van der Waals surface area contributed by atoms with Gasteiger partial charge in [0.05, 0.1) is 6.54 Å². The molecule has 116 valence electrons. The highest BCUT2D eigenvalue weighted by Gasteiger charge is 2.21. The minimum Gasteiger partial charge on any atom is -0.382 e. The molecule has 0 atom stereocenters. The van der Waals surface area contributed by atoms with Gasteiger partial charge in [-0.25, -0.2) is 4.39 Å². The molecule has 5 heteroatoms. The molecule has 1 aliphatic heterocycles. The average molecular weight is 293 g/mol. The molecule has 0 bridgehead atoms. The van der Waals surface area contributed by atoms with Gasteiger partial charge in [0.15, 0.2) is 0 Å². The number of likely N-dealkylation sites (tertiary alicyclic amines) is 1. The summed E-state index contributed by atoms with van der Waals surface area (Å²) in [6.07, 6.45) is 1.99. The van der Waals surface area contributed by atoms with Crippen molar-refractivity contribution >= 4 is 11.6 Å². The number of nitrogens with zero attached hydrogens (tertiary/aromatic N) is 2. The van der Waals surface area contributed by atoms with Crippen LogP contribution in [0.2, 0.25) is 0 Å². The lowest BCUT2D eigenvalue weighted by atomic mass is 10.0. The number of nitrogens with one attached hydrogen (secondary N) is 1. The van der Waals surface area contributed by atoms with Gasteiger partial charge in [0.1, 0.15) is 5.82 Å². The summed E-state index contributed by atoms with van der Waals surface area (Å²) in [5, 5.41) is 3.46. The molecule has 1 N–H and O–H groups in total. The highest BCUT2D eigenvalue weighted by atomic mass is 19.1. The van der Waals surface area contributed by atoms with Gasteiger partial charge in [-0.1, -0.05) is 0 Å². The zero-order chi connectivity index (χ0) is 15.4. The lowest BCUT2D eigenvalue weighted by Crippen LogP contribution is -2.43. The number of halogens is 1. The highest BCUT2D eigenvalue weighted by molar-refractivity contribution is 5.77. The van der Waals surface area contributed by atoms with E-state index in [0.717, 1.165) is 31.6 Å². The van der Waals surface area contributed by atoms with Gasteiger partial charge in [0.2, 0.25) is 5.91 Å². The van der Waals surface area contributed by atoms with Crippen LogP contribution in [0.1, 0.15) is 18.4 Å². The molecule has 4 nitrogen and oxygen atoms in total. The summed E-state index contributed by atoms with van der Waals surface area (Å²) < 4.78 is 13.2. The van der Waals surface area contributed by atoms with E-state index in [1.54, 1.807) is 32.0 Å². The molecule has 1 fully saturated rings. The maximum Gasteiger partial charge on any atom is 0.236 e. The van der Waals surface area contributed by atoms with Crippen molar-refractivity contribution in [3.05, 3.63) is 29.6 Å². The molecule has 0 saturated carbocycles. The molecule has 0 radical (unpaired) electrons. The van der Waals surface area contributed by atoms with Crippen LogP contribution in [0.25, 0.3) is 0 Å². The van der Waals surface area contributed by atoms with E-state index in [2.05, 4.69) is 10.2 Å². The molecule has 1 aliphatic rings. The summed E-state index contributed by atoms with van der Waals surface area (Å²) in [6, 6.07) is 5.52. The van der Waals surface area contributed by atoms with E-state index < -0.39 is 0 Å². The summed E-state index contributed by atoms with van der Waals surface area (Å²) in [7, 11) is 3.57. The molecule has 0 aliphatic carbocycles. The minimum absolute atomic E-state index is 0.149. The Labute approximate surface area is 125 Å². The van der Waals surface area contributed by atoms with Crippen molar-refractivity contribution in [1.29, 1.82) is 0 Å². The van der Waals surface area contributed by atoms with Gasteiger partial charge >= 0.3 is 0 Å². The van der Waals surface area contributed by atoms with Crippen molar-refractivity contribution < 1.29 is 9.18 Å². The Morgan fingerprint density at radius 3 is 2.62 bits per heavy atom. The van der Waals surface area contributed by atoms with Crippen molar-refractivity contribution in [3.8, 4) is 0 Å². The predicted octanol–water partition coefficient (Wildman–Crippen LogP) is 2.10. The van der Waals surface area contributed by atoms with Crippen LogP contribution in [0.3, 0.4) is 0 Å². The Bertz CT molecular complexity index is 496. The van der Waals surface area contributed by atoms with E-state index in [1.165, 1.54) is 6.07 Å². The van der Waals surface area contributed by atoms with E-state index in [0.29, 0.717) is 18.2 Å². The number of rotatable bonds is 4. The number of amides is 1. The molecule has 1 saturated heterocycles. The first-order valence-corrected chi connectivity index (χ1v) is 7.41. The van der Waals surface area contributed by atoms with Gasteiger partial charge in [-0.2, -0.15) is 0 Å². The van der Waals surface area contributed by atoms with Crippen LogP contribution in [0.4, 0.5) is 10.1 Å². The standard InChI is InChI=1S/C16H24FN3O/c1-12-10-14(4-5-15(12)17)18-13-6-8-20(9-7-13)11-16(21)19(2)3/h4-5,10,13,18H,6-9,11H2,1-3H3. The number of hydrogen-bond acceptors (Lipinski definition) is 3. The zero-order valence-corrected chi connectivity index (χ0v) is 13.0. The van der Waals surface area contributed by atoms with E-state index >= 15 is 0 Å². The van der Waals surface area contributed by atoms with Crippen molar-refractivity contribution in [2.24, 2.45) is 0 Å². The highest BCUT2D eigenvalue weighted by Crippen LogP contribution is 2.19. The maximum atomic E-state index is 13.2. The van der Waals surface area contributed by atoms with Gasteiger partial charge < -0.3 is 10.2 Å². The van der Waals surface area contributed by atoms with Crippen LogP contribution >= 0.6 is 0 Å². The topological polar surface area (TPSA) is 35.6 Å². The third-order valence-electron chi connectivity index (χ3n) is 3.97. The lowest BCUT2D eigenvalue weighted by molar-refractivity contribution is -0.130. The fraction of sp³-hybridized carbons (Fsp3) is 0.562. The Balaban J connectivity index is 1.81. The summed E-state index contributed by atoms with van der Waals surface area (Å²) in [6.45, 7) is 4.10. The summed E-state index contributed by atoms with van der Waals surface area (Å²) in [5.41, 5.74) is 1.63. The number of carbonyl (C=O) groups excluding carboxylic acids is 1. The Morgan fingerprint density at radius 2 is 2.05 bits per heavy atom. The Hall–Kier alpha value is -1.62. The number of likely N-dealkylation sites (N-methyl/N-ethyl adjacent to an activating group) is 1.